The van der Waals surface area contributed by atoms with Gasteiger partial charge in [0.2, 0.25) is 0 Å². The lowest BCUT2D eigenvalue weighted by Crippen LogP contribution is -2.29. The summed E-state index contributed by atoms with van der Waals surface area (Å²) in [6.45, 7) is 6.50. The van der Waals surface area contributed by atoms with Crippen LogP contribution in [-0.2, 0) is 7.05 Å². The van der Waals surface area contributed by atoms with E-state index in [1.54, 1.807) is 4.68 Å². The van der Waals surface area contributed by atoms with Gasteiger partial charge in [0.15, 0.2) is 0 Å². The first-order valence-corrected chi connectivity index (χ1v) is 4.72. The average Bonchev–Trinajstić information content (AvgIpc) is 2.50. The summed E-state index contributed by atoms with van der Waals surface area (Å²) in [4.78, 5) is 0. The normalized spacial score (nSPS) is 14.5. The van der Waals surface area contributed by atoms with Crippen LogP contribution in [0.25, 0.3) is 0 Å². The highest BCUT2D eigenvalue weighted by Gasteiger charge is 2.27. The van der Waals surface area contributed by atoms with Crippen molar-refractivity contribution in [1.29, 1.82) is 0 Å². The molecule has 1 unspecified atom stereocenters. The quantitative estimate of drug-likeness (QED) is 0.773. The molecule has 1 rings (SSSR count). The maximum absolute atomic E-state index is 6.12. The molecule has 0 aromatic carbocycles. The Morgan fingerprint density at radius 1 is 1.62 bits per heavy atom. The zero-order valence-corrected chi connectivity index (χ0v) is 8.91. The van der Waals surface area contributed by atoms with Gasteiger partial charge in [-0.05, 0) is 17.9 Å². The molecule has 3 heteroatoms. The van der Waals surface area contributed by atoms with E-state index < -0.39 is 0 Å². The number of nitrogens with two attached hydrogens (primary N) is 1. The Morgan fingerprint density at radius 2 is 2.23 bits per heavy atom. The third-order valence-electron chi connectivity index (χ3n) is 2.81. The number of hydrogen-bond donors (Lipinski definition) is 1. The molecule has 0 fully saturated rings. The first kappa shape index (κ1) is 10.3. The molecule has 3 nitrogen and oxygen atoms in total. The highest BCUT2D eigenvalue weighted by atomic mass is 15.3. The van der Waals surface area contributed by atoms with Crippen LogP contribution < -0.4 is 5.73 Å². The Balaban J connectivity index is 2.84. The van der Waals surface area contributed by atoms with Crippen molar-refractivity contribution in [1.82, 2.24) is 9.78 Å². The van der Waals surface area contributed by atoms with Crippen molar-refractivity contribution in [2.75, 3.05) is 0 Å². The SMILES string of the molecule is CCC(C)(C)C(N)c1ccn(C)n1. The smallest absolute Gasteiger partial charge is 0.0797 e. The van der Waals surface area contributed by atoms with Crippen molar-refractivity contribution >= 4 is 0 Å². The molecule has 0 saturated heterocycles. The van der Waals surface area contributed by atoms with Gasteiger partial charge in [-0.3, -0.25) is 4.68 Å². The van der Waals surface area contributed by atoms with Crippen molar-refractivity contribution in [2.45, 2.75) is 33.2 Å². The van der Waals surface area contributed by atoms with Crippen LogP contribution in [0.1, 0.15) is 38.9 Å². The van der Waals surface area contributed by atoms with Gasteiger partial charge in [-0.25, -0.2) is 0 Å². The number of nitrogens with zero attached hydrogens (tertiary/aromatic N) is 2. The Hall–Kier alpha value is -0.830. The molecule has 1 aromatic rings. The van der Waals surface area contributed by atoms with Gasteiger partial charge in [-0.15, -0.1) is 0 Å². The van der Waals surface area contributed by atoms with Crippen LogP contribution in [0.5, 0.6) is 0 Å². The van der Waals surface area contributed by atoms with E-state index >= 15 is 0 Å². The molecule has 0 spiro atoms. The molecule has 1 atom stereocenters. The van der Waals surface area contributed by atoms with Gasteiger partial charge in [0.25, 0.3) is 0 Å². The van der Waals surface area contributed by atoms with Gasteiger partial charge in [-0.2, -0.15) is 5.10 Å². The van der Waals surface area contributed by atoms with E-state index in [4.69, 9.17) is 5.73 Å². The first-order valence-electron chi connectivity index (χ1n) is 4.72. The molecule has 2 N–H and O–H groups in total. The lowest BCUT2D eigenvalue weighted by Gasteiger charge is -2.28. The third kappa shape index (κ3) is 2.10. The van der Waals surface area contributed by atoms with E-state index in [2.05, 4.69) is 25.9 Å². The number of aromatic nitrogens is 2. The van der Waals surface area contributed by atoms with Crippen molar-refractivity contribution in [3.8, 4) is 0 Å². The highest BCUT2D eigenvalue weighted by molar-refractivity contribution is 5.08. The zero-order chi connectivity index (χ0) is 10.1. The summed E-state index contributed by atoms with van der Waals surface area (Å²) in [6, 6.07) is 2.01. The average molecular weight is 181 g/mol. The molecule has 1 heterocycles. The van der Waals surface area contributed by atoms with Crippen LogP contribution in [0.3, 0.4) is 0 Å². The lowest BCUT2D eigenvalue weighted by atomic mass is 9.81. The fourth-order valence-corrected chi connectivity index (χ4v) is 1.22. The maximum Gasteiger partial charge on any atom is 0.0797 e. The van der Waals surface area contributed by atoms with Crippen molar-refractivity contribution in [3.63, 3.8) is 0 Å². The number of aryl methyl sites for hydroxylation is 1. The van der Waals surface area contributed by atoms with E-state index in [0.717, 1.165) is 12.1 Å². The topological polar surface area (TPSA) is 43.8 Å². The summed E-state index contributed by atoms with van der Waals surface area (Å²) in [6.07, 6.45) is 2.99. The van der Waals surface area contributed by atoms with Gasteiger partial charge in [0.05, 0.1) is 11.7 Å². The Kier molecular flexibility index (Phi) is 2.76. The first-order chi connectivity index (χ1) is 5.97. The molecular formula is C10H19N3. The Morgan fingerprint density at radius 3 is 2.62 bits per heavy atom. The third-order valence-corrected chi connectivity index (χ3v) is 2.81. The van der Waals surface area contributed by atoms with Crippen LogP contribution in [0.15, 0.2) is 12.3 Å². The molecule has 1 aromatic heterocycles. The molecule has 0 saturated carbocycles. The predicted molar refractivity (Wildman–Crippen MR) is 54.2 cm³/mol. The van der Waals surface area contributed by atoms with E-state index in [1.807, 2.05) is 19.3 Å². The van der Waals surface area contributed by atoms with Crippen LogP contribution in [0.2, 0.25) is 0 Å². The monoisotopic (exact) mass is 181 g/mol. The second-order valence-corrected chi connectivity index (χ2v) is 4.23. The standard InChI is InChI=1S/C10H19N3/c1-5-10(2,3)9(11)8-6-7-13(4)12-8/h6-7,9H,5,11H2,1-4H3. The summed E-state index contributed by atoms with van der Waals surface area (Å²) in [5.74, 6) is 0. The van der Waals surface area contributed by atoms with Gasteiger partial charge < -0.3 is 5.73 Å². The summed E-state index contributed by atoms with van der Waals surface area (Å²) < 4.78 is 1.79. The minimum Gasteiger partial charge on any atom is -0.322 e. The lowest BCUT2D eigenvalue weighted by molar-refractivity contribution is 0.273. The van der Waals surface area contributed by atoms with Crippen LogP contribution >= 0.6 is 0 Å². The molecule has 0 aliphatic rings. The second-order valence-electron chi connectivity index (χ2n) is 4.23. The highest BCUT2D eigenvalue weighted by Crippen LogP contribution is 2.32. The van der Waals surface area contributed by atoms with Gasteiger partial charge in [0, 0.05) is 13.2 Å². The molecule has 13 heavy (non-hydrogen) atoms. The fourth-order valence-electron chi connectivity index (χ4n) is 1.22. The van der Waals surface area contributed by atoms with Crippen molar-refractivity contribution in [2.24, 2.45) is 18.2 Å². The summed E-state index contributed by atoms with van der Waals surface area (Å²) >= 11 is 0. The van der Waals surface area contributed by atoms with E-state index in [9.17, 15) is 0 Å². The van der Waals surface area contributed by atoms with E-state index in [0.29, 0.717) is 0 Å². The van der Waals surface area contributed by atoms with Crippen molar-refractivity contribution < 1.29 is 0 Å². The molecule has 74 valence electrons. The zero-order valence-electron chi connectivity index (χ0n) is 8.91. The van der Waals surface area contributed by atoms with Crippen LogP contribution in [-0.4, -0.2) is 9.78 Å². The molecule has 0 bridgehead atoms. The van der Waals surface area contributed by atoms with Gasteiger partial charge >= 0.3 is 0 Å². The summed E-state index contributed by atoms with van der Waals surface area (Å²) in [5.41, 5.74) is 7.22. The number of rotatable bonds is 3. The summed E-state index contributed by atoms with van der Waals surface area (Å²) in [7, 11) is 1.91. The van der Waals surface area contributed by atoms with Crippen LogP contribution in [0.4, 0.5) is 0 Å². The predicted octanol–water partition coefficient (Wildman–Crippen LogP) is 1.86. The van der Waals surface area contributed by atoms with Crippen LogP contribution in [0, 0.1) is 5.41 Å². The maximum atomic E-state index is 6.12. The fraction of sp³-hybridized carbons (Fsp3) is 0.700. The number of hydrogen-bond acceptors (Lipinski definition) is 2. The molecular weight excluding hydrogens is 162 g/mol. The second kappa shape index (κ2) is 3.50. The largest absolute Gasteiger partial charge is 0.322 e. The van der Waals surface area contributed by atoms with Crippen molar-refractivity contribution in [3.05, 3.63) is 18.0 Å². The molecule has 0 amide bonds. The Labute approximate surface area is 79.9 Å². The summed E-state index contributed by atoms with van der Waals surface area (Å²) in [5, 5.41) is 4.32. The minimum absolute atomic E-state index is 0.0266. The van der Waals surface area contributed by atoms with E-state index in [1.165, 1.54) is 0 Å². The minimum atomic E-state index is 0.0266. The van der Waals surface area contributed by atoms with Gasteiger partial charge in [0.1, 0.15) is 0 Å². The molecule has 0 aliphatic carbocycles. The Bertz CT molecular complexity index is 275. The van der Waals surface area contributed by atoms with E-state index in [-0.39, 0.29) is 11.5 Å². The molecule has 0 radical (unpaired) electrons. The van der Waals surface area contributed by atoms with Gasteiger partial charge in [-0.1, -0.05) is 20.8 Å². The molecule has 0 aliphatic heterocycles.